The topological polar surface area (TPSA) is 110 Å². The number of hydrogen-bond acceptors (Lipinski definition) is 7. The molecule has 0 bridgehead atoms. The molecule has 0 saturated heterocycles. The standard InChI is InChI=1S/C26H18O7/c1-31-15-10-8-14(9-11-15)24(18-12-16-20(27)4-2-6-22(16)32-25(18)29)19-13-17-21(28)5-3-7-23(17)33-26(19)30/h2-13,24,27-28H,1H3. The van der Waals surface area contributed by atoms with Gasteiger partial charge >= 0.3 is 11.3 Å². The average Bonchev–Trinajstić information content (AvgIpc) is 2.81. The van der Waals surface area contributed by atoms with Crippen LogP contribution in [0.25, 0.3) is 21.9 Å². The second kappa shape index (κ2) is 7.87. The summed E-state index contributed by atoms with van der Waals surface area (Å²) in [6.07, 6.45) is 0. The molecule has 0 saturated carbocycles. The minimum absolute atomic E-state index is 0.0610. The number of rotatable bonds is 4. The van der Waals surface area contributed by atoms with Crippen molar-refractivity contribution >= 4 is 21.9 Å². The Morgan fingerprint density at radius 2 is 1.21 bits per heavy atom. The van der Waals surface area contributed by atoms with Crippen molar-refractivity contribution in [2.75, 3.05) is 7.11 Å². The van der Waals surface area contributed by atoms with Gasteiger partial charge in [0.05, 0.1) is 29.0 Å². The molecule has 0 aliphatic carbocycles. The fourth-order valence-corrected chi connectivity index (χ4v) is 4.00. The van der Waals surface area contributed by atoms with Crippen LogP contribution < -0.4 is 16.0 Å². The zero-order valence-corrected chi connectivity index (χ0v) is 17.4. The van der Waals surface area contributed by atoms with E-state index in [2.05, 4.69) is 0 Å². The molecule has 0 atom stereocenters. The van der Waals surface area contributed by atoms with Gasteiger partial charge in [-0.3, -0.25) is 0 Å². The molecule has 5 rings (SSSR count). The van der Waals surface area contributed by atoms with Crippen molar-refractivity contribution in [2.45, 2.75) is 5.92 Å². The third-order valence-electron chi connectivity index (χ3n) is 5.63. The van der Waals surface area contributed by atoms with Crippen molar-refractivity contribution in [3.8, 4) is 17.2 Å². The van der Waals surface area contributed by atoms with Crippen LogP contribution in [-0.4, -0.2) is 17.3 Å². The summed E-state index contributed by atoms with van der Waals surface area (Å²) in [6.45, 7) is 0. The Morgan fingerprint density at radius 1 is 0.727 bits per heavy atom. The maximum Gasteiger partial charge on any atom is 0.340 e. The van der Waals surface area contributed by atoms with Crippen LogP contribution >= 0.6 is 0 Å². The summed E-state index contributed by atoms with van der Waals surface area (Å²) in [7, 11) is 1.54. The van der Waals surface area contributed by atoms with Gasteiger partial charge in [0.15, 0.2) is 0 Å². The molecule has 0 radical (unpaired) electrons. The van der Waals surface area contributed by atoms with E-state index in [9.17, 15) is 19.8 Å². The Balaban J connectivity index is 1.83. The lowest BCUT2D eigenvalue weighted by Gasteiger charge is -2.18. The van der Waals surface area contributed by atoms with Crippen molar-refractivity contribution in [2.24, 2.45) is 0 Å². The van der Waals surface area contributed by atoms with Crippen LogP contribution in [0.2, 0.25) is 0 Å². The quantitative estimate of drug-likeness (QED) is 0.394. The number of ether oxygens (including phenoxy) is 1. The maximum absolute atomic E-state index is 13.0. The van der Waals surface area contributed by atoms with Gasteiger partial charge < -0.3 is 23.8 Å². The van der Waals surface area contributed by atoms with Gasteiger partial charge in [0, 0.05) is 5.92 Å². The minimum Gasteiger partial charge on any atom is -0.507 e. The monoisotopic (exact) mass is 442 g/mol. The molecule has 33 heavy (non-hydrogen) atoms. The number of benzene rings is 3. The number of phenols is 2. The Morgan fingerprint density at radius 3 is 1.67 bits per heavy atom. The lowest BCUT2D eigenvalue weighted by Crippen LogP contribution is -2.20. The Bertz CT molecular complexity index is 1510. The molecule has 5 aromatic rings. The normalized spacial score (nSPS) is 11.3. The van der Waals surface area contributed by atoms with Crippen molar-refractivity contribution in [1.29, 1.82) is 0 Å². The predicted octanol–water partition coefficient (Wildman–Crippen LogP) is 4.50. The van der Waals surface area contributed by atoms with E-state index in [1.54, 1.807) is 48.5 Å². The highest BCUT2D eigenvalue weighted by Gasteiger charge is 2.26. The summed E-state index contributed by atoms with van der Waals surface area (Å²) in [6, 6.07) is 19.2. The van der Waals surface area contributed by atoms with Gasteiger partial charge in [-0.2, -0.15) is 0 Å². The van der Waals surface area contributed by atoms with Crippen LogP contribution in [0.3, 0.4) is 0 Å². The van der Waals surface area contributed by atoms with E-state index >= 15 is 0 Å². The fraction of sp³-hybridized carbons (Fsp3) is 0.0769. The van der Waals surface area contributed by atoms with Crippen molar-refractivity contribution < 1.29 is 23.8 Å². The summed E-state index contributed by atoms with van der Waals surface area (Å²) in [5.41, 5.74) is -0.00958. The van der Waals surface area contributed by atoms with Gasteiger partial charge in [0.25, 0.3) is 0 Å². The molecule has 2 aromatic heterocycles. The smallest absolute Gasteiger partial charge is 0.340 e. The SMILES string of the molecule is COc1ccc(C(c2cc3c(O)cccc3oc2=O)c2cc3c(O)cccc3oc2=O)cc1. The molecule has 0 unspecified atom stereocenters. The number of phenolic OH excluding ortho intramolecular Hbond substituents is 2. The van der Waals surface area contributed by atoms with E-state index in [0.717, 1.165) is 0 Å². The Labute approximate surface area is 186 Å². The van der Waals surface area contributed by atoms with Crippen molar-refractivity contribution in [1.82, 2.24) is 0 Å². The maximum atomic E-state index is 13.0. The second-order valence-corrected chi connectivity index (χ2v) is 7.56. The third-order valence-corrected chi connectivity index (χ3v) is 5.63. The van der Waals surface area contributed by atoms with E-state index in [-0.39, 0.29) is 33.8 Å². The van der Waals surface area contributed by atoms with Gasteiger partial charge in [-0.25, -0.2) is 9.59 Å². The highest BCUT2D eigenvalue weighted by Crippen LogP contribution is 2.35. The van der Waals surface area contributed by atoms with Crippen LogP contribution in [0, 0.1) is 0 Å². The van der Waals surface area contributed by atoms with Gasteiger partial charge in [0.1, 0.15) is 28.4 Å². The summed E-state index contributed by atoms with van der Waals surface area (Å²) in [4.78, 5) is 26.1. The summed E-state index contributed by atoms with van der Waals surface area (Å²) in [5, 5.41) is 21.3. The Kier molecular flexibility index (Phi) is 4.86. The van der Waals surface area contributed by atoms with Crippen LogP contribution in [0.1, 0.15) is 22.6 Å². The zero-order chi connectivity index (χ0) is 23.1. The first-order valence-corrected chi connectivity index (χ1v) is 10.1. The number of fused-ring (bicyclic) bond motifs is 2. The van der Waals surface area contributed by atoms with Gasteiger partial charge in [-0.1, -0.05) is 24.3 Å². The van der Waals surface area contributed by atoms with Crippen LogP contribution in [-0.2, 0) is 0 Å². The van der Waals surface area contributed by atoms with E-state index in [1.165, 1.54) is 31.4 Å². The summed E-state index contributed by atoms with van der Waals surface area (Å²) in [5.74, 6) is -0.413. The third kappa shape index (κ3) is 3.49. The minimum atomic E-state index is -0.892. The molecule has 7 nitrogen and oxygen atoms in total. The largest absolute Gasteiger partial charge is 0.507 e. The van der Waals surface area contributed by atoms with Crippen molar-refractivity contribution in [3.05, 3.63) is 110 Å². The van der Waals surface area contributed by atoms with Gasteiger partial charge in [-0.05, 0) is 54.1 Å². The molecule has 0 aliphatic heterocycles. The first kappa shape index (κ1) is 20.4. The Hall–Kier alpha value is -4.52. The molecule has 0 aliphatic rings. The highest BCUT2D eigenvalue weighted by atomic mass is 16.5. The number of methoxy groups -OCH3 is 1. The zero-order valence-electron chi connectivity index (χ0n) is 17.4. The van der Waals surface area contributed by atoms with Crippen LogP contribution in [0.5, 0.6) is 17.2 Å². The molecule has 2 N–H and O–H groups in total. The van der Waals surface area contributed by atoms with Crippen molar-refractivity contribution in [3.63, 3.8) is 0 Å². The van der Waals surface area contributed by atoms with Crippen LogP contribution in [0.4, 0.5) is 0 Å². The first-order chi connectivity index (χ1) is 16.0. The number of aromatic hydroxyl groups is 2. The van der Waals surface area contributed by atoms with Crippen LogP contribution in [0.15, 0.2) is 91.2 Å². The second-order valence-electron chi connectivity index (χ2n) is 7.56. The summed E-state index contributed by atoms with van der Waals surface area (Å²) < 4.78 is 16.2. The lowest BCUT2D eigenvalue weighted by atomic mass is 9.86. The van der Waals surface area contributed by atoms with E-state index in [0.29, 0.717) is 22.1 Å². The molecule has 2 heterocycles. The molecule has 164 valence electrons. The molecule has 7 heteroatoms. The molecule has 0 fully saturated rings. The predicted molar refractivity (Wildman–Crippen MR) is 122 cm³/mol. The summed E-state index contributed by atoms with van der Waals surface area (Å²) >= 11 is 0. The average molecular weight is 442 g/mol. The van der Waals surface area contributed by atoms with Gasteiger partial charge in [-0.15, -0.1) is 0 Å². The fourth-order valence-electron chi connectivity index (χ4n) is 4.00. The molecule has 0 amide bonds. The van der Waals surface area contributed by atoms with Gasteiger partial charge in [0.2, 0.25) is 0 Å². The lowest BCUT2D eigenvalue weighted by molar-refractivity contribution is 0.414. The van der Waals surface area contributed by atoms with E-state index in [1.807, 2.05) is 0 Å². The molecular formula is C26H18O7. The molecule has 0 spiro atoms. The highest BCUT2D eigenvalue weighted by molar-refractivity contribution is 5.85. The van der Waals surface area contributed by atoms with E-state index in [4.69, 9.17) is 13.6 Å². The molecular weight excluding hydrogens is 424 g/mol. The first-order valence-electron chi connectivity index (χ1n) is 10.1. The molecule has 3 aromatic carbocycles. The van der Waals surface area contributed by atoms with E-state index < -0.39 is 17.2 Å². The number of hydrogen-bond donors (Lipinski definition) is 2.